The smallest absolute Gasteiger partial charge is 0.387 e. The number of alkyl halides is 2. The van der Waals surface area contributed by atoms with Crippen LogP contribution in [0.3, 0.4) is 0 Å². The molecule has 0 radical (unpaired) electrons. The molecule has 0 atom stereocenters. The number of hydrogen-bond acceptors (Lipinski definition) is 8. The van der Waals surface area contributed by atoms with Crippen molar-refractivity contribution in [1.29, 1.82) is 5.26 Å². The highest BCUT2D eigenvalue weighted by Crippen LogP contribution is 2.38. The lowest BCUT2D eigenvalue weighted by molar-refractivity contribution is -0.0498. The molecule has 0 bridgehead atoms. The maximum Gasteiger partial charge on any atom is 0.387 e. The summed E-state index contributed by atoms with van der Waals surface area (Å²) < 4.78 is 35.2. The normalized spacial score (nSPS) is 14.1. The summed E-state index contributed by atoms with van der Waals surface area (Å²) in [5.74, 6) is 1.35. The van der Waals surface area contributed by atoms with Crippen molar-refractivity contribution in [3.63, 3.8) is 0 Å². The zero-order chi connectivity index (χ0) is 23.2. The predicted molar refractivity (Wildman–Crippen MR) is 118 cm³/mol. The second-order valence-corrected chi connectivity index (χ2v) is 7.39. The van der Waals surface area contributed by atoms with Gasteiger partial charge in [-0.05, 0) is 37.1 Å². The van der Waals surface area contributed by atoms with Gasteiger partial charge in [-0.25, -0.2) is 9.97 Å². The molecule has 0 aliphatic carbocycles. The minimum atomic E-state index is -2.88. The van der Waals surface area contributed by atoms with Crippen LogP contribution in [0.5, 0.6) is 11.5 Å². The van der Waals surface area contributed by atoms with E-state index in [1.807, 2.05) is 6.07 Å². The van der Waals surface area contributed by atoms with Crippen molar-refractivity contribution in [2.45, 2.75) is 25.5 Å². The molecule has 0 N–H and O–H groups in total. The van der Waals surface area contributed by atoms with Crippen LogP contribution < -0.4 is 19.3 Å². The molecule has 10 heteroatoms. The number of anilines is 3. The molecule has 0 spiro atoms. The molecule has 170 valence electrons. The summed E-state index contributed by atoms with van der Waals surface area (Å²) in [6.45, 7) is -1.45. The van der Waals surface area contributed by atoms with E-state index in [1.165, 1.54) is 24.5 Å². The maximum absolute atomic E-state index is 12.6. The van der Waals surface area contributed by atoms with Gasteiger partial charge in [-0.3, -0.25) is 4.98 Å². The number of ether oxygens (including phenoxy) is 2. The van der Waals surface area contributed by atoms with Gasteiger partial charge in [0, 0.05) is 37.1 Å². The van der Waals surface area contributed by atoms with Crippen molar-refractivity contribution in [2.24, 2.45) is 0 Å². The van der Waals surface area contributed by atoms with Gasteiger partial charge in [-0.2, -0.15) is 14.0 Å². The van der Waals surface area contributed by atoms with Gasteiger partial charge in [0.05, 0.1) is 31.3 Å². The minimum absolute atomic E-state index is 0.0969. The molecule has 3 heterocycles. The van der Waals surface area contributed by atoms with E-state index < -0.39 is 6.61 Å². The summed E-state index contributed by atoms with van der Waals surface area (Å²) in [6.07, 6.45) is 8.01. The van der Waals surface area contributed by atoms with E-state index >= 15 is 0 Å². The molecule has 2 aromatic heterocycles. The van der Waals surface area contributed by atoms with Gasteiger partial charge in [0.25, 0.3) is 0 Å². The van der Waals surface area contributed by atoms with E-state index in [-0.39, 0.29) is 11.8 Å². The van der Waals surface area contributed by atoms with Gasteiger partial charge in [0.1, 0.15) is 23.3 Å². The minimum Gasteiger partial charge on any atom is -0.494 e. The molecule has 33 heavy (non-hydrogen) atoms. The predicted octanol–water partition coefficient (Wildman–Crippen LogP) is 4.16. The van der Waals surface area contributed by atoms with Crippen LogP contribution in [0, 0.1) is 11.3 Å². The Morgan fingerprint density at radius 2 is 1.79 bits per heavy atom. The molecule has 4 rings (SSSR count). The van der Waals surface area contributed by atoms with Gasteiger partial charge >= 0.3 is 6.61 Å². The molecule has 0 amide bonds. The number of benzene rings is 1. The second-order valence-electron chi connectivity index (χ2n) is 7.39. The van der Waals surface area contributed by atoms with Crippen molar-refractivity contribution >= 4 is 17.3 Å². The molecule has 3 aromatic rings. The Kier molecular flexibility index (Phi) is 6.78. The Bertz CT molecular complexity index is 1100. The fourth-order valence-corrected chi connectivity index (χ4v) is 3.93. The topological polar surface area (TPSA) is 87.4 Å². The van der Waals surface area contributed by atoms with Crippen LogP contribution in [0.15, 0.2) is 55.1 Å². The Balaban J connectivity index is 1.58. The quantitative estimate of drug-likeness (QED) is 0.528. The second kappa shape index (κ2) is 10.1. The third-order valence-corrected chi connectivity index (χ3v) is 5.46. The molecular formula is C23H22F2N6O2. The SMILES string of the molecule is COc1ccncc1N(c1ccc(OC(F)F)cc1)C1CCN(c2ncc(C#N)cn2)CC1. The third kappa shape index (κ3) is 5.09. The highest BCUT2D eigenvalue weighted by atomic mass is 19.3. The van der Waals surface area contributed by atoms with Gasteiger partial charge in [-0.15, -0.1) is 0 Å². The number of aromatic nitrogens is 3. The van der Waals surface area contributed by atoms with Gasteiger partial charge in [0.2, 0.25) is 5.95 Å². The van der Waals surface area contributed by atoms with Crippen LogP contribution >= 0.6 is 0 Å². The standard InChI is InChI=1S/C23H22F2N6O2/c1-32-21-6-9-27-15-20(21)31(17-2-4-19(5-3-17)33-22(24)25)18-7-10-30(11-8-18)23-28-13-16(12-26)14-29-23/h2-6,9,13-15,18,22H,7-8,10-11H2,1H3. The number of nitrogens with zero attached hydrogens (tertiary/aromatic N) is 6. The number of hydrogen-bond donors (Lipinski definition) is 0. The van der Waals surface area contributed by atoms with Crippen molar-refractivity contribution in [2.75, 3.05) is 30.0 Å². The van der Waals surface area contributed by atoms with E-state index in [1.54, 1.807) is 37.7 Å². The molecule has 0 unspecified atom stereocenters. The summed E-state index contributed by atoms with van der Waals surface area (Å²) in [6, 6.07) is 10.5. The van der Waals surface area contributed by atoms with Gasteiger partial charge < -0.3 is 19.3 Å². The van der Waals surface area contributed by atoms with E-state index in [0.717, 1.165) is 24.2 Å². The van der Waals surface area contributed by atoms with Crippen molar-refractivity contribution in [1.82, 2.24) is 15.0 Å². The first kappa shape index (κ1) is 22.2. The molecule has 1 aliphatic rings. The molecule has 1 saturated heterocycles. The summed E-state index contributed by atoms with van der Waals surface area (Å²) in [7, 11) is 1.60. The maximum atomic E-state index is 12.6. The van der Waals surface area contributed by atoms with Crippen molar-refractivity contribution in [3.05, 3.63) is 60.7 Å². The molecule has 1 aliphatic heterocycles. The molecule has 0 saturated carbocycles. The van der Waals surface area contributed by atoms with Crippen LogP contribution in [-0.2, 0) is 0 Å². The largest absolute Gasteiger partial charge is 0.494 e. The Labute approximate surface area is 190 Å². The van der Waals surface area contributed by atoms with Crippen LogP contribution in [0.1, 0.15) is 18.4 Å². The highest BCUT2D eigenvalue weighted by molar-refractivity contribution is 5.69. The third-order valence-electron chi connectivity index (χ3n) is 5.46. The number of nitriles is 1. The first-order valence-electron chi connectivity index (χ1n) is 10.4. The monoisotopic (exact) mass is 452 g/mol. The molecule has 1 fully saturated rings. The summed E-state index contributed by atoms with van der Waals surface area (Å²) in [5, 5.41) is 8.94. The summed E-state index contributed by atoms with van der Waals surface area (Å²) in [4.78, 5) is 17.1. The number of rotatable bonds is 7. The van der Waals surface area contributed by atoms with E-state index in [4.69, 9.17) is 10.00 Å². The molecule has 1 aromatic carbocycles. The lowest BCUT2D eigenvalue weighted by atomic mass is 10.0. The zero-order valence-corrected chi connectivity index (χ0v) is 17.9. The van der Waals surface area contributed by atoms with Crippen LogP contribution in [0.4, 0.5) is 26.1 Å². The Morgan fingerprint density at radius 3 is 2.39 bits per heavy atom. The summed E-state index contributed by atoms with van der Waals surface area (Å²) >= 11 is 0. The van der Waals surface area contributed by atoms with E-state index in [2.05, 4.69) is 29.5 Å². The van der Waals surface area contributed by atoms with E-state index in [0.29, 0.717) is 30.4 Å². The van der Waals surface area contributed by atoms with Crippen molar-refractivity contribution in [3.8, 4) is 17.6 Å². The van der Waals surface area contributed by atoms with E-state index in [9.17, 15) is 8.78 Å². The Hall–Kier alpha value is -4.00. The Morgan fingerprint density at radius 1 is 1.09 bits per heavy atom. The number of methoxy groups -OCH3 is 1. The first-order chi connectivity index (χ1) is 16.1. The van der Waals surface area contributed by atoms with Crippen molar-refractivity contribution < 1.29 is 18.3 Å². The van der Waals surface area contributed by atoms with Crippen LogP contribution in [0.2, 0.25) is 0 Å². The fourth-order valence-electron chi connectivity index (χ4n) is 3.93. The molecule has 8 nitrogen and oxygen atoms in total. The fraction of sp³-hybridized carbons (Fsp3) is 0.304. The average Bonchev–Trinajstić information content (AvgIpc) is 2.86. The molecular weight excluding hydrogens is 430 g/mol. The number of pyridine rings is 1. The number of piperidine rings is 1. The van der Waals surface area contributed by atoms with Gasteiger partial charge in [0.15, 0.2) is 0 Å². The number of halogens is 2. The van der Waals surface area contributed by atoms with Crippen LogP contribution in [0.25, 0.3) is 0 Å². The zero-order valence-electron chi connectivity index (χ0n) is 17.9. The summed E-state index contributed by atoms with van der Waals surface area (Å²) in [5.41, 5.74) is 2.02. The van der Waals surface area contributed by atoms with Crippen LogP contribution in [-0.4, -0.2) is 47.8 Å². The average molecular weight is 452 g/mol. The first-order valence-corrected chi connectivity index (χ1v) is 10.4. The lowest BCUT2D eigenvalue weighted by Gasteiger charge is -2.40. The lowest BCUT2D eigenvalue weighted by Crippen LogP contribution is -2.44. The highest BCUT2D eigenvalue weighted by Gasteiger charge is 2.29. The van der Waals surface area contributed by atoms with Gasteiger partial charge in [-0.1, -0.05) is 0 Å².